The van der Waals surface area contributed by atoms with Crippen LogP contribution in [0.3, 0.4) is 0 Å². The van der Waals surface area contributed by atoms with Gasteiger partial charge in [-0.15, -0.1) is 0 Å². The Labute approximate surface area is 160 Å². The molecular formula is C22H17F2NO3. The summed E-state index contributed by atoms with van der Waals surface area (Å²) in [6.07, 6.45) is 0.630. The van der Waals surface area contributed by atoms with Crippen molar-refractivity contribution >= 4 is 28.3 Å². The van der Waals surface area contributed by atoms with E-state index in [9.17, 15) is 18.4 Å². The summed E-state index contributed by atoms with van der Waals surface area (Å²) in [5.41, 5.74) is 2.16. The van der Waals surface area contributed by atoms with E-state index in [0.29, 0.717) is 5.56 Å². The number of carbonyl (C=O) groups is 2. The number of nitrogens with one attached hydrogen (secondary N) is 1. The second-order valence-electron chi connectivity index (χ2n) is 6.75. The Kier molecular flexibility index (Phi) is 4.55. The highest BCUT2D eigenvalue weighted by molar-refractivity contribution is 6.08. The van der Waals surface area contributed by atoms with Crippen LogP contribution in [0.15, 0.2) is 48.5 Å². The number of esters is 1. The standard InChI is InChI=1S/C22H17F2NO3/c1-12(21(26)25-20-17(23)6-3-7-18(20)24)28-22(27)16-11-10-14-9-8-13-4-2-5-15(16)19(13)14/h2-7,10-12H,8-9H2,1H3,(H,25,26). The summed E-state index contributed by atoms with van der Waals surface area (Å²) in [6, 6.07) is 12.6. The molecule has 0 spiro atoms. The molecule has 142 valence electrons. The predicted octanol–water partition coefficient (Wildman–Crippen LogP) is 4.40. The lowest BCUT2D eigenvalue weighted by atomic mass is 10.00. The van der Waals surface area contributed by atoms with E-state index in [-0.39, 0.29) is 0 Å². The van der Waals surface area contributed by atoms with E-state index in [2.05, 4.69) is 5.32 Å². The van der Waals surface area contributed by atoms with Crippen LogP contribution >= 0.6 is 0 Å². The molecule has 3 aromatic rings. The Bertz CT molecular complexity index is 1080. The molecule has 4 rings (SSSR count). The number of hydrogen-bond acceptors (Lipinski definition) is 3. The van der Waals surface area contributed by atoms with E-state index in [1.807, 2.05) is 24.3 Å². The SMILES string of the molecule is CC(OC(=O)c1ccc2c3c(cccc13)CC2)C(=O)Nc1c(F)cccc1F. The largest absolute Gasteiger partial charge is 0.449 e. The molecule has 0 saturated carbocycles. The third-order valence-electron chi connectivity index (χ3n) is 4.96. The quantitative estimate of drug-likeness (QED) is 0.682. The van der Waals surface area contributed by atoms with E-state index >= 15 is 0 Å². The number of anilines is 1. The number of benzene rings is 3. The molecule has 3 aromatic carbocycles. The van der Waals surface area contributed by atoms with Gasteiger partial charge in [-0.25, -0.2) is 13.6 Å². The number of ether oxygens (including phenoxy) is 1. The zero-order chi connectivity index (χ0) is 19.8. The van der Waals surface area contributed by atoms with Gasteiger partial charge in [0.2, 0.25) is 0 Å². The smallest absolute Gasteiger partial charge is 0.339 e. The van der Waals surface area contributed by atoms with E-state index in [1.54, 1.807) is 6.07 Å². The zero-order valence-corrected chi connectivity index (χ0v) is 15.1. The fourth-order valence-electron chi connectivity index (χ4n) is 3.54. The van der Waals surface area contributed by atoms with Crippen molar-refractivity contribution in [3.63, 3.8) is 0 Å². The highest BCUT2D eigenvalue weighted by Crippen LogP contribution is 2.33. The molecule has 0 heterocycles. The molecule has 1 unspecified atom stereocenters. The first-order valence-corrected chi connectivity index (χ1v) is 8.95. The van der Waals surface area contributed by atoms with Gasteiger partial charge in [0.1, 0.15) is 17.3 Å². The molecule has 28 heavy (non-hydrogen) atoms. The van der Waals surface area contributed by atoms with Crippen LogP contribution in [0.1, 0.15) is 28.4 Å². The Balaban J connectivity index is 1.54. The third kappa shape index (κ3) is 3.11. The van der Waals surface area contributed by atoms with Crippen LogP contribution in [0.2, 0.25) is 0 Å². The highest BCUT2D eigenvalue weighted by atomic mass is 19.1. The molecule has 0 bridgehead atoms. The average molecular weight is 381 g/mol. The predicted molar refractivity (Wildman–Crippen MR) is 101 cm³/mol. The van der Waals surface area contributed by atoms with Crippen molar-refractivity contribution in [1.82, 2.24) is 0 Å². The van der Waals surface area contributed by atoms with Crippen LogP contribution in [0.4, 0.5) is 14.5 Å². The van der Waals surface area contributed by atoms with Crippen molar-refractivity contribution in [2.75, 3.05) is 5.32 Å². The van der Waals surface area contributed by atoms with Crippen LogP contribution in [-0.4, -0.2) is 18.0 Å². The van der Waals surface area contributed by atoms with Gasteiger partial charge in [-0.3, -0.25) is 4.79 Å². The van der Waals surface area contributed by atoms with E-state index in [4.69, 9.17) is 4.74 Å². The van der Waals surface area contributed by atoms with Crippen molar-refractivity contribution in [2.24, 2.45) is 0 Å². The van der Waals surface area contributed by atoms with Gasteiger partial charge >= 0.3 is 5.97 Å². The molecule has 0 radical (unpaired) electrons. The van der Waals surface area contributed by atoms with Gasteiger partial charge < -0.3 is 10.1 Å². The zero-order valence-electron chi connectivity index (χ0n) is 15.1. The summed E-state index contributed by atoms with van der Waals surface area (Å²) in [5, 5.41) is 3.97. The maximum Gasteiger partial charge on any atom is 0.339 e. The minimum Gasteiger partial charge on any atom is -0.449 e. The lowest BCUT2D eigenvalue weighted by Gasteiger charge is -2.15. The minimum atomic E-state index is -1.23. The van der Waals surface area contributed by atoms with Crippen LogP contribution in [0.5, 0.6) is 0 Å². The van der Waals surface area contributed by atoms with Gasteiger partial charge in [0.25, 0.3) is 5.91 Å². The van der Waals surface area contributed by atoms with Crippen LogP contribution < -0.4 is 5.32 Å². The van der Waals surface area contributed by atoms with E-state index < -0.39 is 35.3 Å². The van der Waals surface area contributed by atoms with Crippen molar-refractivity contribution in [2.45, 2.75) is 25.9 Å². The fraction of sp³-hybridized carbons (Fsp3) is 0.182. The van der Waals surface area contributed by atoms with Gasteiger partial charge in [0.15, 0.2) is 6.10 Å². The highest BCUT2D eigenvalue weighted by Gasteiger charge is 2.24. The van der Waals surface area contributed by atoms with Crippen molar-refractivity contribution in [1.29, 1.82) is 0 Å². The molecular weight excluding hydrogens is 364 g/mol. The monoisotopic (exact) mass is 381 g/mol. The van der Waals surface area contributed by atoms with Gasteiger partial charge in [-0.05, 0) is 59.9 Å². The van der Waals surface area contributed by atoms with Gasteiger partial charge in [-0.1, -0.05) is 30.3 Å². The molecule has 0 aromatic heterocycles. The number of hydrogen-bond donors (Lipinski definition) is 1. The molecule has 4 nitrogen and oxygen atoms in total. The van der Waals surface area contributed by atoms with Crippen LogP contribution in [0.25, 0.3) is 10.8 Å². The molecule has 0 fully saturated rings. The number of rotatable bonds is 4. The summed E-state index contributed by atoms with van der Waals surface area (Å²) in [7, 11) is 0. The summed E-state index contributed by atoms with van der Waals surface area (Å²) < 4.78 is 32.7. The van der Waals surface area contributed by atoms with Crippen molar-refractivity contribution in [3.8, 4) is 0 Å². The topological polar surface area (TPSA) is 55.4 Å². The summed E-state index contributed by atoms with van der Waals surface area (Å²) in [4.78, 5) is 24.9. The second-order valence-corrected chi connectivity index (χ2v) is 6.75. The maximum atomic E-state index is 13.7. The Morgan fingerprint density at radius 1 is 0.964 bits per heavy atom. The summed E-state index contributed by atoms with van der Waals surface area (Å²) >= 11 is 0. The number of halogens is 2. The molecule has 0 aliphatic heterocycles. The molecule has 6 heteroatoms. The average Bonchev–Trinajstić information content (AvgIpc) is 3.10. The Hall–Kier alpha value is -3.28. The number of amides is 1. The molecule has 1 aliphatic rings. The van der Waals surface area contributed by atoms with E-state index in [1.165, 1.54) is 24.1 Å². The van der Waals surface area contributed by atoms with Gasteiger partial charge in [-0.2, -0.15) is 0 Å². The fourth-order valence-corrected chi connectivity index (χ4v) is 3.54. The second kappa shape index (κ2) is 7.03. The lowest BCUT2D eigenvalue weighted by molar-refractivity contribution is -0.123. The number of aryl methyl sites for hydroxylation is 2. The van der Waals surface area contributed by atoms with E-state index in [0.717, 1.165) is 35.7 Å². The molecule has 1 atom stereocenters. The minimum absolute atomic E-state index is 0.360. The Morgan fingerprint density at radius 3 is 2.32 bits per heavy atom. The third-order valence-corrected chi connectivity index (χ3v) is 4.96. The number of carbonyl (C=O) groups excluding carboxylic acids is 2. The van der Waals surface area contributed by atoms with Crippen LogP contribution in [0, 0.1) is 11.6 Å². The molecule has 1 amide bonds. The van der Waals surface area contributed by atoms with Gasteiger partial charge in [0.05, 0.1) is 5.56 Å². The first kappa shape index (κ1) is 18.1. The van der Waals surface area contributed by atoms with Gasteiger partial charge in [0, 0.05) is 0 Å². The molecule has 1 aliphatic carbocycles. The Morgan fingerprint density at radius 2 is 1.61 bits per heavy atom. The summed E-state index contributed by atoms with van der Waals surface area (Å²) in [6.45, 7) is 1.35. The number of para-hydroxylation sites is 1. The normalized spacial score (nSPS) is 13.4. The summed E-state index contributed by atoms with van der Waals surface area (Å²) in [5.74, 6) is -3.28. The van der Waals surface area contributed by atoms with Crippen molar-refractivity contribution in [3.05, 3.63) is 76.9 Å². The molecule has 0 saturated heterocycles. The lowest BCUT2D eigenvalue weighted by Crippen LogP contribution is -2.30. The molecule has 1 N–H and O–H groups in total. The van der Waals surface area contributed by atoms with Crippen molar-refractivity contribution < 1.29 is 23.1 Å². The first-order chi connectivity index (χ1) is 13.5. The first-order valence-electron chi connectivity index (χ1n) is 8.95. The maximum absolute atomic E-state index is 13.7. The van der Waals surface area contributed by atoms with Crippen LogP contribution in [-0.2, 0) is 22.4 Å².